The number of nitriles is 1. The van der Waals surface area contributed by atoms with Gasteiger partial charge in [0.25, 0.3) is 0 Å². The molecular formula is C25H28N7OP. The van der Waals surface area contributed by atoms with E-state index < -0.39 is 7.14 Å². The van der Waals surface area contributed by atoms with Gasteiger partial charge in [0.2, 0.25) is 5.95 Å². The van der Waals surface area contributed by atoms with Crippen molar-refractivity contribution in [3.8, 4) is 6.07 Å². The molecule has 0 saturated heterocycles. The van der Waals surface area contributed by atoms with Crippen LogP contribution in [0.3, 0.4) is 0 Å². The van der Waals surface area contributed by atoms with Crippen molar-refractivity contribution in [3.05, 3.63) is 58.8 Å². The summed E-state index contributed by atoms with van der Waals surface area (Å²) in [5, 5.41) is 15.9. The number of aromatic nitrogens is 3. The Morgan fingerprint density at radius 3 is 2.88 bits per heavy atom. The summed E-state index contributed by atoms with van der Waals surface area (Å²) in [5.74, 6) is 1.64. The van der Waals surface area contributed by atoms with E-state index in [-0.39, 0.29) is 17.0 Å². The Morgan fingerprint density at radius 2 is 2.09 bits per heavy atom. The predicted molar refractivity (Wildman–Crippen MR) is 135 cm³/mol. The van der Waals surface area contributed by atoms with E-state index in [2.05, 4.69) is 55.7 Å². The molecule has 1 atom stereocenters. The first-order valence-electron chi connectivity index (χ1n) is 11.9. The zero-order chi connectivity index (χ0) is 24.7. The summed E-state index contributed by atoms with van der Waals surface area (Å²) in [6, 6.07) is 9.76. The van der Waals surface area contributed by atoms with Crippen molar-refractivity contribution >= 4 is 35.8 Å². The van der Waals surface area contributed by atoms with Crippen LogP contribution in [0.2, 0.25) is 0 Å². The maximum atomic E-state index is 12.5. The monoisotopic (exact) mass is 474 g/mol. The molecule has 9 heteroatoms. The fourth-order valence-electron chi connectivity index (χ4n) is 4.90. The van der Waals surface area contributed by atoms with Gasteiger partial charge >= 0.3 is 0 Å². The SMILES string of the molecule is [2H]c1ccc(Nc2nc(Nc3cc4c5c(c3)CN(C)CC5CCC4)ncc2C#N)nc1P(C)(C)=O. The lowest BCUT2D eigenvalue weighted by molar-refractivity contribution is 0.266. The molecule has 0 saturated carbocycles. The second-order valence-corrected chi connectivity index (χ2v) is 12.6. The normalized spacial score (nSPS) is 17.9. The first-order chi connectivity index (χ1) is 16.7. The minimum Gasteiger partial charge on any atom is -0.324 e. The van der Waals surface area contributed by atoms with E-state index in [9.17, 15) is 9.83 Å². The maximum absolute atomic E-state index is 12.5. The Labute approximate surface area is 201 Å². The van der Waals surface area contributed by atoms with Crippen LogP contribution >= 0.6 is 7.14 Å². The summed E-state index contributed by atoms with van der Waals surface area (Å²) in [6.07, 6.45) is 4.99. The molecule has 2 aliphatic rings. The fourth-order valence-corrected chi connectivity index (χ4v) is 5.64. The standard InChI is InChI=1S/C25H28N7OP/c1-32-14-17-7-4-6-16-10-20(11-18(15-32)23(16)17)28-25-27-13-19(12-26)24(31-25)30-21-8-5-9-22(29-21)34(2,3)33/h5,8-11,13,17H,4,6-7,14-15H2,1-3H3,(H2,27,28,29,30,31)/i9D. The van der Waals surface area contributed by atoms with Gasteiger partial charge in [0.05, 0.1) is 7.57 Å². The van der Waals surface area contributed by atoms with Gasteiger partial charge in [0, 0.05) is 18.8 Å². The van der Waals surface area contributed by atoms with Gasteiger partial charge in [-0.25, -0.2) is 9.97 Å². The van der Waals surface area contributed by atoms with Gasteiger partial charge in [0.1, 0.15) is 30.0 Å². The van der Waals surface area contributed by atoms with Crippen molar-refractivity contribution in [1.29, 1.82) is 5.26 Å². The van der Waals surface area contributed by atoms with Gasteiger partial charge in [-0.1, -0.05) is 6.07 Å². The number of pyridine rings is 1. The third-order valence-electron chi connectivity index (χ3n) is 6.33. The molecule has 1 aliphatic carbocycles. The summed E-state index contributed by atoms with van der Waals surface area (Å²) >= 11 is 0. The smallest absolute Gasteiger partial charge is 0.229 e. The van der Waals surface area contributed by atoms with E-state index in [1.165, 1.54) is 35.7 Å². The highest BCUT2D eigenvalue weighted by Gasteiger charge is 2.29. The number of benzene rings is 1. The number of rotatable bonds is 5. The lowest BCUT2D eigenvalue weighted by Crippen LogP contribution is -2.33. The Morgan fingerprint density at radius 1 is 1.26 bits per heavy atom. The minimum atomic E-state index is -2.74. The topological polar surface area (TPSA) is 107 Å². The quantitative estimate of drug-likeness (QED) is 0.526. The highest BCUT2D eigenvalue weighted by atomic mass is 31.2. The fraction of sp³-hybridized carbons (Fsp3) is 0.360. The van der Waals surface area contributed by atoms with Gasteiger partial charge < -0.3 is 20.1 Å². The number of nitrogens with one attached hydrogen (secondary N) is 2. The molecule has 1 unspecified atom stereocenters. The van der Waals surface area contributed by atoms with Crippen molar-refractivity contribution in [2.75, 3.05) is 37.6 Å². The number of hydrogen-bond donors (Lipinski definition) is 2. The van der Waals surface area contributed by atoms with Gasteiger partial charge in [-0.15, -0.1) is 0 Å². The maximum Gasteiger partial charge on any atom is 0.229 e. The molecule has 1 aromatic carbocycles. The summed E-state index contributed by atoms with van der Waals surface area (Å²) in [7, 11) is -0.567. The summed E-state index contributed by atoms with van der Waals surface area (Å²) in [6.45, 7) is 5.20. The van der Waals surface area contributed by atoms with E-state index in [0.29, 0.717) is 23.5 Å². The minimum absolute atomic E-state index is 0.124. The Balaban J connectivity index is 1.45. The van der Waals surface area contributed by atoms with E-state index in [1.54, 1.807) is 25.5 Å². The average Bonchev–Trinajstić information content (AvgIpc) is 2.79. The van der Waals surface area contributed by atoms with E-state index >= 15 is 0 Å². The van der Waals surface area contributed by atoms with Gasteiger partial charge in [0.15, 0.2) is 5.82 Å². The molecule has 0 spiro atoms. The summed E-state index contributed by atoms with van der Waals surface area (Å²) in [5.41, 5.74) is 5.70. The lowest BCUT2D eigenvalue weighted by Gasteiger charge is -2.37. The highest BCUT2D eigenvalue weighted by molar-refractivity contribution is 7.69. The first-order valence-corrected chi connectivity index (χ1v) is 14.0. The molecule has 174 valence electrons. The molecule has 0 amide bonds. The molecule has 1 aliphatic heterocycles. The Bertz CT molecular complexity index is 1400. The number of nitrogens with zero attached hydrogens (tertiary/aromatic N) is 5. The van der Waals surface area contributed by atoms with Crippen LogP contribution in [-0.4, -0.2) is 46.8 Å². The van der Waals surface area contributed by atoms with Crippen LogP contribution in [-0.2, 0) is 17.5 Å². The van der Waals surface area contributed by atoms with Crippen molar-refractivity contribution in [2.45, 2.75) is 31.7 Å². The second-order valence-electron chi connectivity index (χ2n) is 9.46. The molecule has 2 N–H and O–H groups in total. The second kappa shape index (κ2) is 8.83. The number of likely N-dealkylation sites (N-methyl/N-ethyl adjacent to an activating group) is 1. The van der Waals surface area contributed by atoms with Crippen LogP contribution in [0.4, 0.5) is 23.3 Å². The van der Waals surface area contributed by atoms with Gasteiger partial charge in [-0.3, -0.25) is 0 Å². The molecular weight excluding hydrogens is 445 g/mol. The molecule has 0 radical (unpaired) electrons. The molecule has 3 aromatic rings. The zero-order valence-electron chi connectivity index (χ0n) is 20.6. The van der Waals surface area contributed by atoms with Crippen LogP contribution in [0.25, 0.3) is 0 Å². The van der Waals surface area contributed by atoms with Crippen molar-refractivity contribution in [3.63, 3.8) is 0 Å². The van der Waals surface area contributed by atoms with E-state index in [0.717, 1.165) is 25.2 Å². The van der Waals surface area contributed by atoms with Crippen LogP contribution in [0, 0.1) is 11.3 Å². The van der Waals surface area contributed by atoms with Gasteiger partial charge in [-0.2, -0.15) is 10.2 Å². The van der Waals surface area contributed by atoms with Crippen molar-refractivity contribution < 1.29 is 5.94 Å². The average molecular weight is 475 g/mol. The van der Waals surface area contributed by atoms with Crippen molar-refractivity contribution in [1.82, 2.24) is 19.9 Å². The number of hydrogen-bond acceptors (Lipinski definition) is 8. The Hall–Kier alpha value is -3.27. The molecule has 0 bridgehead atoms. The highest BCUT2D eigenvalue weighted by Crippen LogP contribution is 2.40. The molecule has 34 heavy (non-hydrogen) atoms. The Kier molecular flexibility index (Phi) is 5.52. The van der Waals surface area contributed by atoms with Crippen LogP contribution in [0.1, 0.15) is 42.4 Å². The zero-order valence-corrected chi connectivity index (χ0v) is 20.5. The summed E-state index contributed by atoms with van der Waals surface area (Å²) in [4.78, 5) is 15.6. The molecule has 5 rings (SSSR count). The molecule has 0 fully saturated rings. The van der Waals surface area contributed by atoms with E-state index in [4.69, 9.17) is 1.37 Å². The van der Waals surface area contributed by atoms with Crippen molar-refractivity contribution in [2.24, 2.45) is 0 Å². The molecule has 3 heterocycles. The molecule has 8 nitrogen and oxygen atoms in total. The summed E-state index contributed by atoms with van der Waals surface area (Å²) < 4.78 is 20.5. The third-order valence-corrected chi connectivity index (χ3v) is 7.58. The lowest BCUT2D eigenvalue weighted by atomic mass is 9.77. The third kappa shape index (κ3) is 4.54. The van der Waals surface area contributed by atoms with Crippen LogP contribution < -0.4 is 16.1 Å². The van der Waals surface area contributed by atoms with Gasteiger partial charge in [-0.05, 0) is 86.5 Å². The molecule has 2 aromatic heterocycles. The predicted octanol–water partition coefficient (Wildman–Crippen LogP) is 4.34. The first kappa shape index (κ1) is 21.3. The van der Waals surface area contributed by atoms with Crippen LogP contribution in [0.5, 0.6) is 0 Å². The largest absolute Gasteiger partial charge is 0.324 e. The van der Waals surface area contributed by atoms with Crippen LogP contribution in [0.15, 0.2) is 36.5 Å². The number of aryl methyl sites for hydroxylation is 1. The van der Waals surface area contributed by atoms with E-state index in [1.807, 2.05) is 0 Å². The number of anilines is 4.